The van der Waals surface area contributed by atoms with Crippen LogP contribution in [-0.2, 0) is 9.47 Å². The minimum absolute atomic E-state index is 0.179. The van der Waals surface area contributed by atoms with Crippen LogP contribution in [0.3, 0.4) is 0 Å². The summed E-state index contributed by atoms with van der Waals surface area (Å²) in [4.78, 5) is 12.1. The lowest BCUT2D eigenvalue weighted by Crippen LogP contribution is -2.25. The highest BCUT2D eigenvalue weighted by Gasteiger charge is 2.18. The Bertz CT molecular complexity index is 385. The van der Waals surface area contributed by atoms with Gasteiger partial charge in [0.05, 0.1) is 12.2 Å². The van der Waals surface area contributed by atoms with Crippen LogP contribution in [0.2, 0.25) is 0 Å². The Labute approximate surface area is 109 Å². The first kappa shape index (κ1) is 14.7. The van der Waals surface area contributed by atoms with E-state index in [9.17, 15) is 4.79 Å². The average Bonchev–Trinajstić information content (AvgIpc) is 2.28. The van der Waals surface area contributed by atoms with Crippen LogP contribution in [0.4, 0.5) is 0 Å². The molecule has 0 aromatic heterocycles. The van der Waals surface area contributed by atoms with Gasteiger partial charge in [0, 0.05) is 7.11 Å². The van der Waals surface area contributed by atoms with E-state index in [1.165, 1.54) is 0 Å². The third-order valence-corrected chi connectivity index (χ3v) is 2.73. The monoisotopic (exact) mass is 250 g/mol. The number of ether oxygens (including phenoxy) is 2. The summed E-state index contributed by atoms with van der Waals surface area (Å²) in [6.45, 7) is 6.55. The van der Waals surface area contributed by atoms with Gasteiger partial charge in [-0.1, -0.05) is 32.0 Å². The Morgan fingerprint density at radius 2 is 1.94 bits per heavy atom. The standard InChI is InChI=1S/C15H22O3/c1-11(2)9-13(10-17-4)18-15(16)14-8-6-5-7-12(14)3/h5-8,11,13H,9-10H2,1-4H3. The Kier molecular flexibility index (Phi) is 5.86. The Hall–Kier alpha value is -1.35. The molecule has 0 fully saturated rings. The summed E-state index contributed by atoms with van der Waals surface area (Å²) in [6.07, 6.45) is 0.632. The van der Waals surface area contributed by atoms with Gasteiger partial charge in [-0.15, -0.1) is 0 Å². The van der Waals surface area contributed by atoms with Crippen molar-refractivity contribution in [3.8, 4) is 0 Å². The molecule has 0 aliphatic heterocycles. The molecule has 0 bridgehead atoms. The molecule has 0 saturated carbocycles. The smallest absolute Gasteiger partial charge is 0.338 e. The van der Waals surface area contributed by atoms with Gasteiger partial charge in [-0.2, -0.15) is 0 Å². The second-order valence-corrected chi connectivity index (χ2v) is 4.93. The molecule has 0 saturated heterocycles. The van der Waals surface area contributed by atoms with E-state index in [4.69, 9.17) is 9.47 Å². The zero-order valence-electron chi connectivity index (χ0n) is 11.6. The van der Waals surface area contributed by atoms with E-state index in [0.29, 0.717) is 18.1 Å². The first-order chi connectivity index (χ1) is 8.54. The molecule has 100 valence electrons. The molecule has 3 heteroatoms. The van der Waals surface area contributed by atoms with E-state index in [1.54, 1.807) is 13.2 Å². The predicted molar refractivity (Wildman–Crippen MR) is 71.7 cm³/mol. The molecule has 1 unspecified atom stereocenters. The molecular formula is C15H22O3. The van der Waals surface area contributed by atoms with Crippen LogP contribution in [0, 0.1) is 12.8 Å². The molecule has 3 nitrogen and oxygen atoms in total. The molecule has 0 aliphatic carbocycles. The number of carbonyl (C=O) groups is 1. The highest BCUT2D eigenvalue weighted by atomic mass is 16.6. The molecule has 1 atom stereocenters. The fraction of sp³-hybridized carbons (Fsp3) is 0.533. The first-order valence-electron chi connectivity index (χ1n) is 6.30. The van der Waals surface area contributed by atoms with Gasteiger partial charge in [0.25, 0.3) is 0 Å². The molecule has 0 radical (unpaired) electrons. The second-order valence-electron chi connectivity index (χ2n) is 4.93. The van der Waals surface area contributed by atoms with Crippen molar-refractivity contribution in [2.24, 2.45) is 5.92 Å². The summed E-state index contributed by atoms with van der Waals surface area (Å²) >= 11 is 0. The molecule has 0 spiro atoms. The third-order valence-electron chi connectivity index (χ3n) is 2.73. The number of carbonyl (C=O) groups excluding carboxylic acids is 1. The molecule has 0 amide bonds. The van der Waals surface area contributed by atoms with Crippen molar-refractivity contribution in [3.63, 3.8) is 0 Å². The minimum Gasteiger partial charge on any atom is -0.456 e. The van der Waals surface area contributed by atoms with Crippen molar-refractivity contribution in [2.75, 3.05) is 13.7 Å². The van der Waals surface area contributed by atoms with Crippen molar-refractivity contribution in [3.05, 3.63) is 35.4 Å². The molecule has 1 aromatic rings. The van der Waals surface area contributed by atoms with Crippen molar-refractivity contribution in [1.82, 2.24) is 0 Å². The third kappa shape index (κ3) is 4.49. The molecular weight excluding hydrogens is 228 g/mol. The van der Waals surface area contributed by atoms with Crippen LogP contribution >= 0.6 is 0 Å². The Morgan fingerprint density at radius 3 is 2.50 bits per heavy atom. The quantitative estimate of drug-likeness (QED) is 0.727. The van der Waals surface area contributed by atoms with E-state index >= 15 is 0 Å². The molecule has 0 heterocycles. The maximum absolute atomic E-state index is 12.1. The van der Waals surface area contributed by atoms with Gasteiger partial charge in [-0.25, -0.2) is 4.79 Å². The van der Waals surface area contributed by atoms with Gasteiger partial charge in [0.2, 0.25) is 0 Å². The van der Waals surface area contributed by atoms with Gasteiger partial charge < -0.3 is 9.47 Å². The van der Waals surface area contributed by atoms with Gasteiger partial charge in [0.1, 0.15) is 6.10 Å². The fourth-order valence-electron chi connectivity index (χ4n) is 1.88. The highest BCUT2D eigenvalue weighted by molar-refractivity contribution is 5.91. The van der Waals surface area contributed by atoms with E-state index in [1.807, 2.05) is 25.1 Å². The zero-order chi connectivity index (χ0) is 13.5. The highest BCUT2D eigenvalue weighted by Crippen LogP contribution is 2.14. The number of esters is 1. The maximum Gasteiger partial charge on any atom is 0.338 e. The van der Waals surface area contributed by atoms with E-state index < -0.39 is 0 Å². The summed E-state index contributed by atoms with van der Waals surface area (Å²) in [6, 6.07) is 7.45. The fourth-order valence-corrected chi connectivity index (χ4v) is 1.88. The van der Waals surface area contributed by atoms with E-state index in [0.717, 1.165) is 12.0 Å². The van der Waals surface area contributed by atoms with Crippen LogP contribution in [0.15, 0.2) is 24.3 Å². The normalized spacial score (nSPS) is 12.5. The van der Waals surface area contributed by atoms with Crippen LogP contribution in [0.1, 0.15) is 36.2 Å². The number of hydrogen-bond acceptors (Lipinski definition) is 3. The van der Waals surface area contributed by atoms with Gasteiger partial charge in [-0.3, -0.25) is 0 Å². The molecule has 1 rings (SSSR count). The Morgan fingerprint density at radius 1 is 1.28 bits per heavy atom. The number of methoxy groups -OCH3 is 1. The van der Waals surface area contributed by atoms with Gasteiger partial charge in [-0.05, 0) is 30.9 Å². The van der Waals surface area contributed by atoms with E-state index in [-0.39, 0.29) is 12.1 Å². The molecule has 0 aliphatic rings. The van der Waals surface area contributed by atoms with Crippen LogP contribution in [0.25, 0.3) is 0 Å². The molecule has 1 aromatic carbocycles. The van der Waals surface area contributed by atoms with Crippen LogP contribution in [-0.4, -0.2) is 25.8 Å². The number of aryl methyl sites for hydroxylation is 1. The number of rotatable bonds is 6. The Balaban J connectivity index is 2.69. The predicted octanol–water partition coefficient (Wildman–Crippen LogP) is 3.21. The number of benzene rings is 1. The first-order valence-corrected chi connectivity index (χ1v) is 6.30. The lowest BCUT2D eigenvalue weighted by atomic mass is 10.1. The largest absolute Gasteiger partial charge is 0.456 e. The number of hydrogen-bond donors (Lipinski definition) is 0. The van der Waals surface area contributed by atoms with Crippen molar-refractivity contribution in [2.45, 2.75) is 33.3 Å². The van der Waals surface area contributed by atoms with Crippen molar-refractivity contribution < 1.29 is 14.3 Å². The second kappa shape index (κ2) is 7.17. The summed E-state index contributed by atoms with van der Waals surface area (Å²) in [7, 11) is 1.62. The lowest BCUT2D eigenvalue weighted by Gasteiger charge is -2.19. The van der Waals surface area contributed by atoms with Crippen molar-refractivity contribution in [1.29, 1.82) is 0 Å². The molecule has 0 N–H and O–H groups in total. The van der Waals surface area contributed by atoms with Gasteiger partial charge >= 0.3 is 5.97 Å². The van der Waals surface area contributed by atoms with E-state index in [2.05, 4.69) is 13.8 Å². The summed E-state index contributed by atoms with van der Waals surface area (Å²) in [5, 5.41) is 0. The topological polar surface area (TPSA) is 35.5 Å². The summed E-state index contributed by atoms with van der Waals surface area (Å²) in [5.41, 5.74) is 1.56. The SMILES string of the molecule is COCC(CC(C)C)OC(=O)c1ccccc1C. The summed E-state index contributed by atoms with van der Waals surface area (Å²) in [5.74, 6) is 0.200. The maximum atomic E-state index is 12.1. The lowest BCUT2D eigenvalue weighted by molar-refractivity contribution is -0.000743. The minimum atomic E-state index is -0.268. The van der Waals surface area contributed by atoms with Crippen LogP contribution < -0.4 is 0 Å². The zero-order valence-corrected chi connectivity index (χ0v) is 11.6. The van der Waals surface area contributed by atoms with Crippen molar-refractivity contribution >= 4 is 5.97 Å². The molecule has 18 heavy (non-hydrogen) atoms. The summed E-state index contributed by atoms with van der Waals surface area (Å²) < 4.78 is 10.6. The van der Waals surface area contributed by atoms with Crippen LogP contribution in [0.5, 0.6) is 0 Å². The van der Waals surface area contributed by atoms with Gasteiger partial charge in [0.15, 0.2) is 0 Å². The average molecular weight is 250 g/mol.